The minimum atomic E-state index is -1.59. The number of hydrogen-bond acceptors (Lipinski definition) is 7. The van der Waals surface area contributed by atoms with E-state index in [0.29, 0.717) is 13.0 Å². The molecule has 1 aliphatic rings. The monoisotopic (exact) mass is 443 g/mol. The fraction of sp³-hybridized carbons (Fsp3) is 0.667. The van der Waals surface area contributed by atoms with E-state index in [-0.39, 0.29) is 0 Å². The second-order valence-corrected chi connectivity index (χ2v) is 7.61. The Morgan fingerprint density at radius 1 is 0.968 bits per heavy atom. The zero-order valence-corrected chi connectivity index (χ0v) is 17.3. The van der Waals surface area contributed by atoms with Crippen LogP contribution in [-0.2, 0) is 28.8 Å². The number of rotatable bonds is 12. The molecule has 0 bridgehead atoms. The molecule has 0 aromatic heterocycles. The molecule has 4 unspecified atom stereocenters. The van der Waals surface area contributed by atoms with Crippen molar-refractivity contribution in [1.29, 1.82) is 0 Å². The molecule has 1 saturated heterocycles. The third kappa shape index (κ3) is 8.58. The van der Waals surface area contributed by atoms with Gasteiger partial charge in [0, 0.05) is 0 Å². The van der Waals surface area contributed by atoms with Crippen LogP contribution < -0.4 is 27.0 Å². The van der Waals surface area contributed by atoms with Gasteiger partial charge in [-0.15, -0.1) is 0 Å². The molecule has 0 aliphatic carbocycles. The zero-order chi connectivity index (χ0) is 23.7. The van der Waals surface area contributed by atoms with E-state index < -0.39 is 78.5 Å². The van der Waals surface area contributed by atoms with Gasteiger partial charge in [-0.1, -0.05) is 13.8 Å². The van der Waals surface area contributed by atoms with Gasteiger partial charge in [0.1, 0.15) is 18.1 Å². The van der Waals surface area contributed by atoms with Crippen LogP contribution in [0.4, 0.5) is 0 Å². The Kier molecular flexibility index (Phi) is 9.86. The summed E-state index contributed by atoms with van der Waals surface area (Å²) < 4.78 is 0. The molecule has 1 heterocycles. The number of hydrogen-bond donors (Lipinski definition) is 7. The lowest BCUT2D eigenvalue weighted by Crippen LogP contribution is -2.59. The molecule has 4 amide bonds. The number of amides is 4. The number of aliphatic carboxylic acids is 2. The molecule has 0 aromatic carbocycles. The van der Waals surface area contributed by atoms with Crippen LogP contribution in [0.3, 0.4) is 0 Å². The van der Waals surface area contributed by atoms with Crippen LogP contribution in [0.15, 0.2) is 0 Å². The molecule has 174 valence electrons. The molecule has 0 radical (unpaired) electrons. The Morgan fingerprint density at radius 3 is 2.06 bits per heavy atom. The summed E-state index contributed by atoms with van der Waals surface area (Å²) in [6.45, 7) is 3.77. The minimum absolute atomic E-state index is 0.523. The van der Waals surface area contributed by atoms with Crippen LogP contribution in [0.1, 0.15) is 39.5 Å². The first-order chi connectivity index (χ1) is 14.4. The first kappa shape index (κ1) is 25.8. The van der Waals surface area contributed by atoms with Crippen molar-refractivity contribution in [3.05, 3.63) is 0 Å². The summed E-state index contributed by atoms with van der Waals surface area (Å²) in [6.07, 6.45) is -0.0533. The molecule has 13 heteroatoms. The topological polar surface area (TPSA) is 217 Å². The Hall–Kier alpha value is -3.22. The van der Waals surface area contributed by atoms with Gasteiger partial charge in [-0.05, 0) is 25.3 Å². The largest absolute Gasteiger partial charge is 0.481 e. The first-order valence-electron chi connectivity index (χ1n) is 9.79. The number of nitrogens with two attached hydrogens (primary N) is 1. The van der Waals surface area contributed by atoms with Gasteiger partial charge in [0.15, 0.2) is 0 Å². The van der Waals surface area contributed by atoms with E-state index in [1.807, 2.05) is 0 Å². The first-order valence-corrected chi connectivity index (χ1v) is 9.79. The molecule has 0 spiro atoms. The normalized spacial score (nSPS) is 18.5. The highest BCUT2D eigenvalue weighted by Gasteiger charge is 2.33. The van der Waals surface area contributed by atoms with Crippen molar-refractivity contribution in [2.75, 3.05) is 6.54 Å². The predicted octanol–water partition coefficient (Wildman–Crippen LogP) is -2.72. The molecule has 0 saturated carbocycles. The van der Waals surface area contributed by atoms with Gasteiger partial charge < -0.3 is 37.2 Å². The van der Waals surface area contributed by atoms with Crippen molar-refractivity contribution in [2.45, 2.75) is 63.7 Å². The number of carboxylic acids is 2. The predicted molar refractivity (Wildman–Crippen MR) is 105 cm³/mol. The SMILES string of the molecule is CC(C)C(NC(=O)C(CC(=O)O)NC(=O)C1CCCN1)C(=O)NC(CC(N)=O)C(=O)O. The van der Waals surface area contributed by atoms with Crippen molar-refractivity contribution in [2.24, 2.45) is 11.7 Å². The van der Waals surface area contributed by atoms with Gasteiger partial charge in [0.25, 0.3) is 0 Å². The molecular weight excluding hydrogens is 414 g/mol. The zero-order valence-electron chi connectivity index (χ0n) is 17.3. The Labute approximate surface area is 178 Å². The fourth-order valence-electron chi connectivity index (χ4n) is 3.02. The Balaban J connectivity index is 2.90. The van der Waals surface area contributed by atoms with E-state index in [1.54, 1.807) is 13.8 Å². The van der Waals surface area contributed by atoms with E-state index in [0.717, 1.165) is 6.42 Å². The van der Waals surface area contributed by atoms with Crippen LogP contribution >= 0.6 is 0 Å². The smallest absolute Gasteiger partial charge is 0.326 e. The van der Waals surface area contributed by atoms with E-state index in [4.69, 9.17) is 15.9 Å². The Bertz CT molecular complexity index is 720. The highest BCUT2D eigenvalue weighted by Crippen LogP contribution is 2.08. The second kappa shape index (κ2) is 11.8. The third-order valence-corrected chi connectivity index (χ3v) is 4.66. The van der Waals surface area contributed by atoms with Gasteiger partial charge in [0.2, 0.25) is 23.6 Å². The average Bonchev–Trinajstić information content (AvgIpc) is 3.18. The second-order valence-electron chi connectivity index (χ2n) is 7.61. The van der Waals surface area contributed by atoms with Gasteiger partial charge in [-0.3, -0.25) is 24.0 Å². The van der Waals surface area contributed by atoms with E-state index in [1.165, 1.54) is 0 Å². The van der Waals surface area contributed by atoms with Crippen LogP contribution in [0.5, 0.6) is 0 Å². The summed E-state index contributed by atoms with van der Waals surface area (Å²) in [6, 6.07) is -4.83. The lowest BCUT2D eigenvalue weighted by atomic mass is 10.0. The number of carboxylic acid groups (broad SMARTS) is 2. The lowest BCUT2D eigenvalue weighted by Gasteiger charge is -2.26. The minimum Gasteiger partial charge on any atom is -0.481 e. The molecule has 8 N–H and O–H groups in total. The van der Waals surface area contributed by atoms with Crippen molar-refractivity contribution < 1.29 is 39.0 Å². The molecule has 0 aromatic rings. The Morgan fingerprint density at radius 2 is 1.61 bits per heavy atom. The third-order valence-electron chi connectivity index (χ3n) is 4.66. The molecule has 1 rings (SSSR count). The fourth-order valence-corrected chi connectivity index (χ4v) is 3.02. The van der Waals surface area contributed by atoms with Crippen LogP contribution in [0.2, 0.25) is 0 Å². The molecular formula is C18H29N5O8. The van der Waals surface area contributed by atoms with Gasteiger partial charge >= 0.3 is 11.9 Å². The quantitative estimate of drug-likeness (QED) is 0.166. The maximum absolute atomic E-state index is 12.7. The average molecular weight is 443 g/mol. The lowest BCUT2D eigenvalue weighted by molar-refractivity contribution is -0.144. The number of carbonyl (C=O) groups is 6. The highest BCUT2D eigenvalue weighted by atomic mass is 16.4. The standard InChI is InChI=1S/C18H29N5O8/c1-8(2)14(17(29)22-11(18(30)31)6-12(19)24)23-16(28)10(7-13(25)26)21-15(27)9-4-3-5-20-9/h8-11,14,20H,3-7H2,1-2H3,(H2,19,24)(H,21,27)(H,22,29)(H,23,28)(H,25,26)(H,30,31). The highest BCUT2D eigenvalue weighted by molar-refractivity contribution is 5.96. The van der Waals surface area contributed by atoms with Crippen LogP contribution in [0, 0.1) is 5.92 Å². The number of nitrogens with one attached hydrogen (secondary N) is 4. The number of carbonyl (C=O) groups excluding carboxylic acids is 4. The summed E-state index contributed by atoms with van der Waals surface area (Å²) in [4.78, 5) is 70.9. The maximum Gasteiger partial charge on any atom is 0.326 e. The van der Waals surface area contributed by atoms with Crippen molar-refractivity contribution >= 4 is 35.6 Å². The summed E-state index contributed by atoms with van der Waals surface area (Å²) >= 11 is 0. The molecule has 4 atom stereocenters. The van der Waals surface area contributed by atoms with E-state index in [9.17, 15) is 28.8 Å². The van der Waals surface area contributed by atoms with Crippen molar-refractivity contribution in [3.63, 3.8) is 0 Å². The molecule has 1 aliphatic heterocycles. The maximum atomic E-state index is 12.7. The van der Waals surface area contributed by atoms with Crippen LogP contribution in [0.25, 0.3) is 0 Å². The summed E-state index contributed by atoms with van der Waals surface area (Å²) in [5.41, 5.74) is 4.98. The summed E-state index contributed by atoms with van der Waals surface area (Å²) in [5, 5.41) is 28.0. The van der Waals surface area contributed by atoms with Crippen molar-refractivity contribution in [3.8, 4) is 0 Å². The van der Waals surface area contributed by atoms with Gasteiger partial charge in [-0.25, -0.2) is 4.79 Å². The van der Waals surface area contributed by atoms with E-state index in [2.05, 4.69) is 21.3 Å². The van der Waals surface area contributed by atoms with E-state index >= 15 is 0 Å². The van der Waals surface area contributed by atoms with Crippen molar-refractivity contribution in [1.82, 2.24) is 21.3 Å². The summed E-state index contributed by atoms with van der Waals surface area (Å²) in [5.74, 6) is -6.62. The van der Waals surface area contributed by atoms with Gasteiger partial charge in [0.05, 0.1) is 18.9 Å². The molecule has 31 heavy (non-hydrogen) atoms. The summed E-state index contributed by atoms with van der Waals surface area (Å²) in [7, 11) is 0. The molecule has 13 nitrogen and oxygen atoms in total. The number of primary amides is 1. The molecule has 1 fully saturated rings. The van der Waals surface area contributed by atoms with Crippen LogP contribution in [-0.4, -0.2) is 76.5 Å². The van der Waals surface area contributed by atoms with Gasteiger partial charge in [-0.2, -0.15) is 0 Å².